The Balaban J connectivity index is 1.65. The highest BCUT2D eigenvalue weighted by Crippen LogP contribution is 2.28. The number of thiocarbonyl (C=S) groups is 1. The highest BCUT2D eigenvalue weighted by atomic mass is 32.1. The van der Waals surface area contributed by atoms with Crippen molar-refractivity contribution >= 4 is 40.9 Å². The highest BCUT2D eigenvalue weighted by Gasteiger charge is 2.35. The van der Waals surface area contributed by atoms with E-state index in [9.17, 15) is 18.4 Å². The van der Waals surface area contributed by atoms with Crippen molar-refractivity contribution < 1.29 is 23.1 Å². The number of aryl methyl sites for hydroxylation is 1. The SMILES string of the molecule is Cc1ccc(F)c(/C=C2\C(=O)NC(=S)N(c3ccc(Oc4ccccc4)cc3)C2=O)c1F. The van der Waals surface area contributed by atoms with Crippen LogP contribution in [0.5, 0.6) is 11.5 Å². The lowest BCUT2D eigenvalue weighted by molar-refractivity contribution is -0.122. The van der Waals surface area contributed by atoms with Crippen molar-refractivity contribution in [2.75, 3.05) is 4.90 Å². The van der Waals surface area contributed by atoms with Crippen LogP contribution in [0.3, 0.4) is 0 Å². The lowest BCUT2D eigenvalue weighted by Gasteiger charge is -2.29. The second-order valence-electron chi connectivity index (χ2n) is 6.96. The first kappa shape index (κ1) is 21.3. The maximum absolute atomic E-state index is 14.4. The number of carbonyl (C=O) groups is 2. The van der Waals surface area contributed by atoms with Crippen molar-refractivity contribution in [2.24, 2.45) is 0 Å². The lowest BCUT2D eigenvalue weighted by atomic mass is 10.0. The maximum Gasteiger partial charge on any atom is 0.270 e. The first-order valence-corrected chi connectivity index (χ1v) is 9.95. The Morgan fingerprint density at radius 2 is 1.59 bits per heavy atom. The van der Waals surface area contributed by atoms with E-state index in [0.29, 0.717) is 17.2 Å². The molecule has 3 aromatic carbocycles. The lowest BCUT2D eigenvalue weighted by Crippen LogP contribution is -2.54. The molecule has 1 fully saturated rings. The van der Waals surface area contributed by atoms with Gasteiger partial charge in [0.25, 0.3) is 11.8 Å². The predicted molar refractivity (Wildman–Crippen MR) is 120 cm³/mol. The molecule has 1 saturated heterocycles. The second kappa shape index (κ2) is 8.68. The van der Waals surface area contributed by atoms with E-state index in [4.69, 9.17) is 17.0 Å². The number of rotatable bonds is 4. The molecular weight excluding hydrogens is 434 g/mol. The number of benzene rings is 3. The summed E-state index contributed by atoms with van der Waals surface area (Å²) in [7, 11) is 0. The smallest absolute Gasteiger partial charge is 0.270 e. The molecule has 1 aliphatic heterocycles. The van der Waals surface area contributed by atoms with Gasteiger partial charge in [-0.2, -0.15) is 0 Å². The molecule has 3 aromatic rings. The van der Waals surface area contributed by atoms with Crippen molar-refractivity contribution in [3.05, 3.63) is 95.1 Å². The van der Waals surface area contributed by atoms with Gasteiger partial charge in [0.05, 0.1) is 5.69 Å². The number of ether oxygens (including phenoxy) is 1. The van der Waals surface area contributed by atoms with Crippen molar-refractivity contribution in [1.82, 2.24) is 5.32 Å². The Morgan fingerprint density at radius 1 is 0.938 bits per heavy atom. The van der Waals surface area contributed by atoms with Crippen LogP contribution in [-0.2, 0) is 9.59 Å². The van der Waals surface area contributed by atoms with E-state index in [-0.39, 0.29) is 10.7 Å². The van der Waals surface area contributed by atoms with E-state index in [0.717, 1.165) is 17.0 Å². The van der Waals surface area contributed by atoms with Crippen LogP contribution >= 0.6 is 12.2 Å². The third-order valence-electron chi connectivity index (χ3n) is 4.78. The molecule has 0 unspecified atom stereocenters. The number of nitrogens with one attached hydrogen (secondary N) is 1. The fourth-order valence-corrected chi connectivity index (χ4v) is 3.42. The summed E-state index contributed by atoms with van der Waals surface area (Å²) < 4.78 is 34.3. The van der Waals surface area contributed by atoms with Crippen LogP contribution in [0.25, 0.3) is 6.08 Å². The highest BCUT2D eigenvalue weighted by molar-refractivity contribution is 7.80. The van der Waals surface area contributed by atoms with Gasteiger partial charge < -0.3 is 4.74 Å². The molecule has 0 radical (unpaired) electrons. The van der Waals surface area contributed by atoms with Gasteiger partial charge in [-0.05, 0) is 73.2 Å². The molecule has 1 N–H and O–H groups in total. The van der Waals surface area contributed by atoms with Gasteiger partial charge in [0, 0.05) is 5.56 Å². The van der Waals surface area contributed by atoms with E-state index >= 15 is 0 Å². The molecule has 1 heterocycles. The summed E-state index contributed by atoms with van der Waals surface area (Å²) in [4.78, 5) is 26.5. The quantitative estimate of drug-likeness (QED) is 0.349. The molecule has 0 spiro atoms. The Bertz CT molecular complexity index is 1260. The third kappa shape index (κ3) is 4.13. The van der Waals surface area contributed by atoms with Crippen molar-refractivity contribution in [3.63, 3.8) is 0 Å². The topological polar surface area (TPSA) is 58.6 Å². The number of para-hydroxylation sites is 1. The number of halogens is 2. The summed E-state index contributed by atoms with van der Waals surface area (Å²) in [6, 6.07) is 17.9. The molecule has 0 aliphatic carbocycles. The summed E-state index contributed by atoms with van der Waals surface area (Å²) in [6.07, 6.45) is 0.900. The summed E-state index contributed by atoms with van der Waals surface area (Å²) in [6.45, 7) is 1.46. The van der Waals surface area contributed by atoms with Crippen LogP contribution in [0.15, 0.2) is 72.3 Å². The van der Waals surface area contributed by atoms with Gasteiger partial charge in [-0.25, -0.2) is 8.78 Å². The minimum absolute atomic E-state index is 0.140. The molecule has 0 atom stereocenters. The zero-order chi connectivity index (χ0) is 22.8. The molecule has 4 rings (SSSR count). The first-order valence-electron chi connectivity index (χ1n) is 9.54. The zero-order valence-corrected chi connectivity index (χ0v) is 17.6. The summed E-state index contributed by atoms with van der Waals surface area (Å²) in [5.41, 5.74) is -0.366. The van der Waals surface area contributed by atoms with Gasteiger partial charge in [-0.1, -0.05) is 24.3 Å². The first-order chi connectivity index (χ1) is 15.3. The van der Waals surface area contributed by atoms with Gasteiger partial charge in [0.1, 0.15) is 28.7 Å². The largest absolute Gasteiger partial charge is 0.457 e. The number of hydrogen-bond donors (Lipinski definition) is 1. The maximum atomic E-state index is 14.4. The van der Waals surface area contributed by atoms with Gasteiger partial charge >= 0.3 is 0 Å². The molecule has 0 saturated carbocycles. The molecule has 2 amide bonds. The molecule has 5 nitrogen and oxygen atoms in total. The van der Waals surface area contributed by atoms with Crippen molar-refractivity contribution in [1.29, 1.82) is 0 Å². The molecule has 32 heavy (non-hydrogen) atoms. The monoisotopic (exact) mass is 450 g/mol. The average molecular weight is 450 g/mol. The number of carbonyl (C=O) groups excluding carboxylic acids is 2. The Kier molecular flexibility index (Phi) is 5.79. The Morgan fingerprint density at radius 3 is 2.28 bits per heavy atom. The zero-order valence-electron chi connectivity index (χ0n) is 16.8. The number of hydrogen-bond acceptors (Lipinski definition) is 4. The minimum atomic E-state index is -0.886. The molecular formula is C24H16F2N2O3S. The standard InChI is InChI=1S/C24H16F2N2O3S/c1-14-7-12-20(25)18(21(14)26)13-19-22(29)27-24(32)28(23(19)30)15-8-10-17(11-9-15)31-16-5-3-2-4-6-16/h2-13H,1H3,(H,27,29,32)/b19-13+. The summed E-state index contributed by atoms with van der Waals surface area (Å²) in [5.74, 6) is -2.19. The van der Waals surface area contributed by atoms with E-state index in [2.05, 4.69) is 5.32 Å². The molecule has 1 aliphatic rings. The van der Waals surface area contributed by atoms with Gasteiger partial charge in [0.15, 0.2) is 5.11 Å². The van der Waals surface area contributed by atoms with Gasteiger partial charge in [0.2, 0.25) is 0 Å². The summed E-state index contributed by atoms with van der Waals surface area (Å²) in [5, 5.41) is 2.25. The van der Waals surface area contributed by atoms with Crippen LogP contribution < -0.4 is 15.0 Å². The number of amides is 2. The van der Waals surface area contributed by atoms with Crippen LogP contribution in [0, 0.1) is 18.6 Å². The average Bonchev–Trinajstić information content (AvgIpc) is 2.77. The molecule has 8 heteroatoms. The number of nitrogens with zero attached hydrogens (tertiary/aromatic N) is 1. The predicted octanol–water partition coefficient (Wildman–Crippen LogP) is 4.90. The summed E-state index contributed by atoms with van der Waals surface area (Å²) >= 11 is 5.16. The van der Waals surface area contributed by atoms with Crippen LogP contribution in [0.4, 0.5) is 14.5 Å². The van der Waals surface area contributed by atoms with Crippen molar-refractivity contribution in [2.45, 2.75) is 6.92 Å². The van der Waals surface area contributed by atoms with Crippen LogP contribution in [-0.4, -0.2) is 16.9 Å². The van der Waals surface area contributed by atoms with E-state index in [1.54, 1.807) is 36.4 Å². The fraction of sp³-hybridized carbons (Fsp3) is 0.0417. The Labute approximate surface area is 187 Å². The minimum Gasteiger partial charge on any atom is -0.457 e. The van der Waals surface area contributed by atoms with Crippen LogP contribution in [0.2, 0.25) is 0 Å². The van der Waals surface area contributed by atoms with Crippen LogP contribution in [0.1, 0.15) is 11.1 Å². The van der Waals surface area contributed by atoms with Gasteiger partial charge in [-0.15, -0.1) is 0 Å². The van der Waals surface area contributed by atoms with E-state index < -0.39 is 34.6 Å². The van der Waals surface area contributed by atoms with E-state index in [1.165, 1.54) is 13.0 Å². The fourth-order valence-electron chi connectivity index (χ4n) is 3.13. The molecule has 0 aromatic heterocycles. The molecule has 160 valence electrons. The second-order valence-corrected chi connectivity index (χ2v) is 7.35. The van der Waals surface area contributed by atoms with Gasteiger partial charge in [-0.3, -0.25) is 19.8 Å². The normalized spacial score (nSPS) is 15.2. The third-order valence-corrected chi connectivity index (χ3v) is 5.07. The van der Waals surface area contributed by atoms with Crippen molar-refractivity contribution in [3.8, 4) is 11.5 Å². The van der Waals surface area contributed by atoms with E-state index in [1.807, 2.05) is 18.2 Å². The number of anilines is 1. The Hall–Kier alpha value is -3.91. The molecule has 0 bridgehead atoms.